The van der Waals surface area contributed by atoms with Crippen LogP contribution in [0.5, 0.6) is 5.75 Å². The summed E-state index contributed by atoms with van der Waals surface area (Å²) >= 11 is 0. The molecule has 36 heavy (non-hydrogen) atoms. The van der Waals surface area contributed by atoms with Gasteiger partial charge in [-0.15, -0.1) is 0 Å². The van der Waals surface area contributed by atoms with Crippen LogP contribution in [-0.2, 0) is 6.42 Å². The quantitative estimate of drug-likeness (QED) is 0.474. The Kier molecular flexibility index (Phi) is 8.77. The van der Waals surface area contributed by atoms with Crippen LogP contribution in [0.2, 0.25) is 0 Å². The summed E-state index contributed by atoms with van der Waals surface area (Å²) in [5, 5.41) is 0. The fourth-order valence-corrected chi connectivity index (χ4v) is 4.81. The Morgan fingerprint density at radius 1 is 0.861 bits per heavy atom. The highest BCUT2D eigenvalue weighted by atomic mass is 16.5. The zero-order valence-electron chi connectivity index (χ0n) is 21.4. The molecule has 0 spiro atoms. The molecule has 0 saturated carbocycles. The number of hydrogen-bond acceptors (Lipinski definition) is 3. The Morgan fingerprint density at radius 2 is 1.53 bits per heavy atom. The SMILES string of the molecule is Cc1ccccc1C(=O)N1CCCCCCN(C)C(=O)c2ccccc2OC[C@@H]1Cc1ccccc1. The van der Waals surface area contributed by atoms with Gasteiger partial charge < -0.3 is 14.5 Å². The van der Waals surface area contributed by atoms with Gasteiger partial charge in [-0.1, -0.05) is 73.5 Å². The third kappa shape index (κ3) is 6.34. The number of nitrogens with zero attached hydrogens (tertiary/aromatic N) is 2. The second kappa shape index (κ2) is 12.4. The lowest BCUT2D eigenvalue weighted by atomic mass is 10.0. The number of rotatable bonds is 3. The molecule has 0 bridgehead atoms. The smallest absolute Gasteiger partial charge is 0.257 e. The van der Waals surface area contributed by atoms with Gasteiger partial charge in [-0.2, -0.15) is 0 Å². The van der Waals surface area contributed by atoms with E-state index < -0.39 is 0 Å². The molecule has 0 N–H and O–H groups in total. The van der Waals surface area contributed by atoms with Crippen molar-refractivity contribution in [3.63, 3.8) is 0 Å². The molecule has 1 atom stereocenters. The van der Waals surface area contributed by atoms with Crippen molar-refractivity contribution < 1.29 is 14.3 Å². The molecule has 0 radical (unpaired) electrons. The third-order valence-electron chi connectivity index (χ3n) is 6.93. The van der Waals surface area contributed by atoms with Crippen LogP contribution in [0.25, 0.3) is 0 Å². The number of aryl methyl sites for hydroxylation is 1. The summed E-state index contributed by atoms with van der Waals surface area (Å²) in [7, 11) is 1.85. The highest BCUT2D eigenvalue weighted by Crippen LogP contribution is 2.23. The van der Waals surface area contributed by atoms with E-state index >= 15 is 0 Å². The Hall–Kier alpha value is -3.60. The first kappa shape index (κ1) is 25.5. The molecule has 0 aromatic heterocycles. The molecule has 3 aromatic rings. The molecule has 1 aliphatic heterocycles. The van der Waals surface area contributed by atoms with Crippen molar-refractivity contribution in [2.45, 2.75) is 45.1 Å². The predicted octanol–water partition coefficient (Wildman–Crippen LogP) is 5.77. The van der Waals surface area contributed by atoms with Crippen LogP contribution in [0.3, 0.4) is 0 Å². The maximum Gasteiger partial charge on any atom is 0.257 e. The first-order chi connectivity index (χ1) is 17.5. The molecular formula is C31H36N2O3. The van der Waals surface area contributed by atoms with E-state index in [9.17, 15) is 9.59 Å². The number of carbonyl (C=O) groups is 2. The molecule has 0 aliphatic carbocycles. The van der Waals surface area contributed by atoms with E-state index in [1.807, 2.05) is 85.6 Å². The molecule has 5 nitrogen and oxygen atoms in total. The molecule has 3 aromatic carbocycles. The standard InChI is InChI=1S/C31H36N2O3/c1-24-14-8-9-17-27(24)31(35)33-21-13-4-3-12-20-32(2)30(34)28-18-10-11-19-29(28)36-23-26(33)22-25-15-6-5-7-16-25/h5-11,14-19,26H,3-4,12-13,20-23H2,1-2H3/t26-/m0/s1. The Balaban J connectivity index is 1.70. The zero-order valence-corrected chi connectivity index (χ0v) is 21.4. The van der Waals surface area contributed by atoms with Gasteiger partial charge in [0.25, 0.3) is 11.8 Å². The molecule has 4 rings (SSSR count). The van der Waals surface area contributed by atoms with Crippen molar-refractivity contribution in [3.05, 3.63) is 101 Å². The summed E-state index contributed by atoms with van der Waals surface area (Å²) in [6.07, 6.45) is 4.55. The van der Waals surface area contributed by atoms with Crippen molar-refractivity contribution in [2.75, 3.05) is 26.7 Å². The van der Waals surface area contributed by atoms with E-state index in [2.05, 4.69) is 12.1 Å². The lowest BCUT2D eigenvalue weighted by Gasteiger charge is -2.33. The second-order valence-electron chi connectivity index (χ2n) is 9.61. The van der Waals surface area contributed by atoms with Crippen LogP contribution >= 0.6 is 0 Å². The van der Waals surface area contributed by atoms with E-state index in [-0.39, 0.29) is 17.9 Å². The molecule has 5 heteroatoms. The van der Waals surface area contributed by atoms with Crippen LogP contribution in [0.1, 0.15) is 57.5 Å². The van der Waals surface area contributed by atoms with Gasteiger partial charge in [0.05, 0.1) is 11.6 Å². The van der Waals surface area contributed by atoms with Gasteiger partial charge in [0.1, 0.15) is 12.4 Å². The summed E-state index contributed by atoms with van der Waals surface area (Å²) in [5.41, 5.74) is 3.42. The van der Waals surface area contributed by atoms with Gasteiger partial charge in [0.2, 0.25) is 0 Å². The molecule has 0 saturated heterocycles. The van der Waals surface area contributed by atoms with E-state index in [1.54, 1.807) is 4.90 Å². The Bertz CT molecular complexity index is 1160. The molecular weight excluding hydrogens is 448 g/mol. The first-order valence-corrected chi connectivity index (χ1v) is 12.9. The third-order valence-corrected chi connectivity index (χ3v) is 6.93. The van der Waals surface area contributed by atoms with Crippen molar-refractivity contribution in [3.8, 4) is 5.75 Å². The number of carbonyl (C=O) groups excluding carboxylic acids is 2. The highest BCUT2D eigenvalue weighted by molar-refractivity contribution is 5.97. The monoisotopic (exact) mass is 484 g/mol. The summed E-state index contributed by atoms with van der Waals surface area (Å²) < 4.78 is 6.34. The van der Waals surface area contributed by atoms with Gasteiger partial charge in [0.15, 0.2) is 0 Å². The zero-order chi connectivity index (χ0) is 25.3. The van der Waals surface area contributed by atoms with E-state index in [0.29, 0.717) is 37.4 Å². The number of amides is 2. The van der Waals surface area contributed by atoms with E-state index in [1.165, 1.54) is 0 Å². The van der Waals surface area contributed by atoms with Crippen molar-refractivity contribution in [1.82, 2.24) is 9.80 Å². The first-order valence-electron chi connectivity index (χ1n) is 12.9. The topological polar surface area (TPSA) is 49.9 Å². The normalized spacial score (nSPS) is 17.6. The molecule has 1 heterocycles. The number of ether oxygens (including phenoxy) is 1. The summed E-state index contributed by atoms with van der Waals surface area (Å²) in [6, 6.07) is 25.3. The van der Waals surface area contributed by atoms with Crippen LogP contribution < -0.4 is 4.74 Å². The van der Waals surface area contributed by atoms with Gasteiger partial charge in [-0.3, -0.25) is 9.59 Å². The van der Waals surface area contributed by atoms with E-state index in [4.69, 9.17) is 4.74 Å². The molecule has 2 amide bonds. The van der Waals surface area contributed by atoms with Gasteiger partial charge in [0, 0.05) is 25.7 Å². The Labute approximate surface area is 214 Å². The average Bonchev–Trinajstić information content (AvgIpc) is 2.90. The summed E-state index contributed by atoms with van der Waals surface area (Å²) in [5.74, 6) is 0.566. The Morgan fingerprint density at radius 3 is 2.31 bits per heavy atom. The average molecular weight is 485 g/mol. The molecule has 1 aliphatic rings. The predicted molar refractivity (Wildman–Crippen MR) is 144 cm³/mol. The van der Waals surface area contributed by atoms with Crippen LogP contribution in [0, 0.1) is 6.92 Å². The largest absolute Gasteiger partial charge is 0.491 e. The minimum absolute atomic E-state index is 0.0323. The number of fused-ring (bicyclic) bond motifs is 1. The lowest BCUT2D eigenvalue weighted by Crippen LogP contribution is -2.46. The molecule has 0 unspecified atom stereocenters. The maximum atomic E-state index is 13.9. The summed E-state index contributed by atoms with van der Waals surface area (Å²) in [4.78, 5) is 30.8. The van der Waals surface area contributed by atoms with Crippen molar-refractivity contribution in [1.29, 1.82) is 0 Å². The fourth-order valence-electron chi connectivity index (χ4n) is 4.81. The van der Waals surface area contributed by atoms with Gasteiger partial charge >= 0.3 is 0 Å². The van der Waals surface area contributed by atoms with Crippen LogP contribution in [0.15, 0.2) is 78.9 Å². The number of benzene rings is 3. The van der Waals surface area contributed by atoms with E-state index in [0.717, 1.165) is 42.4 Å². The highest BCUT2D eigenvalue weighted by Gasteiger charge is 2.27. The lowest BCUT2D eigenvalue weighted by molar-refractivity contribution is 0.0598. The van der Waals surface area contributed by atoms with Crippen LogP contribution in [0.4, 0.5) is 0 Å². The fraction of sp³-hybridized carbons (Fsp3) is 0.355. The van der Waals surface area contributed by atoms with Crippen molar-refractivity contribution >= 4 is 11.8 Å². The molecule has 0 fully saturated rings. The minimum atomic E-state index is -0.177. The number of para-hydroxylation sites is 1. The van der Waals surface area contributed by atoms with Gasteiger partial charge in [-0.05, 0) is 55.5 Å². The van der Waals surface area contributed by atoms with Crippen LogP contribution in [-0.4, -0.2) is 54.4 Å². The second-order valence-corrected chi connectivity index (χ2v) is 9.61. The molecule has 188 valence electrons. The van der Waals surface area contributed by atoms with Crippen molar-refractivity contribution in [2.24, 2.45) is 0 Å². The maximum absolute atomic E-state index is 13.9. The van der Waals surface area contributed by atoms with Gasteiger partial charge in [-0.25, -0.2) is 0 Å². The summed E-state index contributed by atoms with van der Waals surface area (Å²) in [6.45, 7) is 3.67. The number of hydrogen-bond donors (Lipinski definition) is 0. The minimum Gasteiger partial charge on any atom is -0.491 e.